The van der Waals surface area contributed by atoms with Crippen molar-refractivity contribution in [1.82, 2.24) is 0 Å². The van der Waals surface area contributed by atoms with Crippen LogP contribution in [0, 0.1) is 16.5 Å². The Hall–Kier alpha value is -2.54. The summed E-state index contributed by atoms with van der Waals surface area (Å²) in [4.78, 5) is 0. The average Bonchev–Trinajstić information content (AvgIpc) is 2.38. The van der Waals surface area contributed by atoms with E-state index in [2.05, 4.69) is 0 Å². The Kier molecular flexibility index (Phi) is 2.93. The zero-order valence-corrected chi connectivity index (χ0v) is 9.25. The number of aromatic nitrogens is 1. The van der Waals surface area contributed by atoms with Crippen molar-refractivity contribution < 1.29 is 9.47 Å². The van der Waals surface area contributed by atoms with Gasteiger partial charge in [0.05, 0.1) is 7.11 Å². The summed E-state index contributed by atoms with van der Waals surface area (Å²) < 4.78 is 5.74. The summed E-state index contributed by atoms with van der Waals surface area (Å²) in [5, 5.41) is 20.7. The Balaban J connectivity index is 2.56. The fourth-order valence-electron chi connectivity index (χ4n) is 1.61. The van der Waals surface area contributed by atoms with Crippen LogP contribution in [0.1, 0.15) is 5.56 Å². The first-order chi connectivity index (χ1) is 8.26. The molecule has 0 bridgehead atoms. The highest BCUT2D eigenvalue weighted by molar-refractivity contribution is 5.64. The van der Waals surface area contributed by atoms with Gasteiger partial charge in [0.25, 0.3) is 0 Å². The molecule has 0 atom stereocenters. The molecule has 1 aromatic heterocycles. The molecule has 0 N–H and O–H groups in total. The standard InChI is InChI=1S/C13H10N2O2/c1-17-12-6-4-10(5-7-12)13-11(9-14)3-2-8-15(13)16/h2-8H,1H3. The predicted molar refractivity (Wildman–Crippen MR) is 62.1 cm³/mol. The maximum atomic E-state index is 11.7. The van der Waals surface area contributed by atoms with Crippen LogP contribution in [-0.4, -0.2) is 7.11 Å². The summed E-state index contributed by atoms with van der Waals surface area (Å²) in [7, 11) is 1.58. The van der Waals surface area contributed by atoms with Gasteiger partial charge in [-0.1, -0.05) is 0 Å². The maximum Gasteiger partial charge on any atom is 0.241 e. The zero-order valence-electron chi connectivity index (χ0n) is 9.25. The second kappa shape index (κ2) is 4.54. The van der Waals surface area contributed by atoms with Crippen molar-refractivity contribution in [2.45, 2.75) is 0 Å². The van der Waals surface area contributed by atoms with Gasteiger partial charge in [-0.2, -0.15) is 9.99 Å². The number of methoxy groups -OCH3 is 1. The fourth-order valence-corrected chi connectivity index (χ4v) is 1.61. The minimum atomic E-state index is 0.354. The van der Waals surface area contributed by atoms with E-state index in [0.29, 0.717) is 27.3 Å². The van der Waals surface area contributed by atoms with Gasteiger partial charge < -0.3 is 9.94 Å². The molecule has 1 heterocycles. The highest BCUT2D eigenvalue weighted by Crippen LogP contribution is 2.22. The van der Waals surface area contributed by atoms with Crippen LogP contribution in [-0.2, 0) is 0 Å². The summed E-state index contributed by atoms with van der Waals surface area (Å²) >= 11 is 0. The Bertz CT molecular complexity index is 571. The molecule has 84 valence electrons. The van der Waals surface area contributed by atoms with E-state index in [-0.39, 0.29) is 0 Å². The van der Waals surface area contributed by atoms with Crippen molar-refractivity contribution in [2.75, 3.05) is 7.11 Å². The summed E-state index contributed by atoms with van der Waals surface area (Å²) in [6.45, 7) is 0. The first kappa shape index (κ1) is 11.0. The van der Waals surface area contributed by atoms with Crippen LogP contribution in [0.4, 0.5) is 0 Å². The molecule has 0 aliphatic carbocycles. The minimum absolute atomic E-state index is 0.354. The number of pyridine rings is 1. The Morgan fingerprint density at radius 1 is 1.24 bits per heavy atom. The molecule has 4 nitrogen and oxygen atoms in total. The van der Waals surface area contributed by atoms with Gasteiger partial charge in [0.2, 0.25) is 5.69 Å². The van der Waals surface area contributed by atoms with E-state index < -0.39 is 0 Å². The lowest BCUT2D eigenvalue weighted by molar-refractivity contribution is -0.593. The molecule has 0 amide bonds. The van der Waals surface area contributed by atoms with E-state index in [9.17, 15) is 5.21 Å². The van der Waals surface area contributed by atoms with E-state index in [1.165, 1.54) is 6.20 Å². The average molecular weight is 226 g/mol. The van der Waals surface area contributed by atoms with Gasteiger partial charge in [-0.25, -0.2) is 0 Å². The third-order valence-corrected chi connectivity index (χ3v) is 2.44. The van der Waals surface area contributed by atoms with E-state index >= 15 is 0 Å². The minimum Gasteiger partial charge on any atom is -0.618 e. The molecule has 0 aliphatic heterocycles. The van der Waals surface area contributed by atoms with Crippen molar-refractivity contribution in [3.63, 3.8) is 0 Å². The third kappa shape index (κ3) is 2.04. The molecule has 0 fully saturated rings. The van der Waals surface area contributed by atoms with Gasteiger partial charge in [-0.3, -0.25) is 0 Å². The van der Waals surface area contributed by atoms with Crippen molar-refractivity contribution in [1.29, 1.82) is 5.26 Å². The monoisotopic (exact) mass is 226 g/mol. The molecule has 1 aromatic carbocycles. The summed E-state index contributed by atoms with van der Waals surface area (Å²) in [5.41, 5.74) is 1.41. The van der Waals surface area contributed by atoms with Gasteiger partial charge in [0, 0.05) is 11.6 Å². The summed E-state index contributed by atoms with van der Waals surface area (Å²) in [6.07, 6.45) is 1.38. The van der Waals surface area contributed by atoms with Gasteiger partial charge >= 0.3 is 0 Å². The van der Waals surface area contributed by atoms with Gasteiger partial charge in [-0.05, 0) is 30.3 Å². The lowest BCUT2D eigenvalue weighted by atomic mass is 10.1. The molecule has 0 saturated heterocycles. The first-order valence-corrected chi connectivity index (χ1v) is 5.03. The van der Waals surface area contributed by atoms with Gasteiger partial charge in [0.1, 0.15) is 17.4 Å². The van der Waals surface area contributed by atoms with Crippen molar-refractivity contribution in [3.8, 4) is 23.1 Å². The summed E-state index contributed by atoms with van der Waals surface area (Å²) in [5.74, 6) is 0.709. The predicted octanol–water partition coefficient (Wildman–Crippen LogP) is 1.87. The van der Waals surface area contributed by atoms with Crippen LogP contribution in [0.15, 0.2) is 42.6 Å². The normalized spacial score (nSPS) is 9.65. The highest BCUT2D eigenvalue weighted by Gasteiger charge is 2.14. The van der Waals surface area contributed by atoms with Crippen molar-refractivity contribution in [3.05, 3.63) is 53.4 Å². The lowest BCUT2D eigenvalue weighted by Gasteiger charge is -2.06. The molecule has 0 radical (unpaired) electrons. The van der Waals surface area contributed by atoms with Crippen LogP contribution in [0.25, 0.3) is 11.3 Å². The van der Waals surface area contributed by atoms with E-state index in [1.807, 2.05) is 6.07 Å². The smallest absolute Gasteiger partial charge is 0.241 e. The second-order valence-electron chi connectivity index (χ2n) is 3.44. The molecule has 4 heteroatoms. The van der Waals surface area contributed by atoms with Crippen LogP contribution in [0.2, 0.25) is 0 Å². The second-order valence-corrected chi connectivity index (χ2v) is 3.44. The van der Waals surface area contributed by atoms with Crippen LogP contribution < -0.4 is 9.47 Å². The van der Waals surface area contributed by atoms with Crippen LogP contribution in [0.3, 0.4) is 0 Å². The largest absolute Gasteiger partial charge is 0.618 e. The number of hydrogen-bond donors (Lipinski definition) is 0. The molecule has 2 rings (SSSR count). The van der Waals surface area contributed by atoms with Crippen molar-refractivity contribution >= 4 is 0 Å². The third-order valence-electron chi connectivity index (χ3n) is 2.44. The first-order valence-electron chi connectivity index (χ1n) is 5.03. The number of benzene rings is 1. The van der Waals surface area contributed by atoms with Gasteiger partial charge in [0.15, 0.2) is 6.20 Å². The molecular weight excluding hydrogens is 216 g/mol. The zero-order chi connectivity index (χ0) is 12.3. The number of ether oxygens (including phenoxy) is 1. The lowest BCUT2D eigenvalue weighted by Crippen LogP contribution is -2.29. The molecule has 0 spiro atoms. The van der Waals surface area contributed by atoms with Crippen molar-refractivity contribution in [2.24, 2.45) is 0 Å². The Morgan fingerprint density at radius 2 is 1.94 bits per heavy atom. The van der Waals surface area contributed by atoms with E-state index in [1.54, 1.807) is 43.5 Å². The summed E-state index contributed by atoms with van der Waals surface area (Å²) in [6, 6.07) is 12.2. The van der Waals surface area contributed by atoms with E-state index in [0.717, 1.165) is 0 Å². The quantitative estimate of drug-likeness (QED) is 0.580. The SMILES string of the molecule is COc1ccc(-c2c(C#N)ccc[n+]2[O-])cc1. The van der Waals surface area contributed by atoms with Crippen LogP contribution in [0.5, 0.6) is 5.75 Å². The molecule has 0 saturated carbocycles. The maximum absolute atomic E-state index is 11.7. The molecule has 2 aromatic rings. The highest BCUT2D eigenvalue weighted by atomic mass is 16.5. The number of hydrogen-bond acceptors (Lipinski definition) is 3. The number of nitriles is 1. The number of nitrogens with zero attached hydrogens (tertiary/aromatic N) is 2. The topological polar surface area (TPSA) is 60.0 Å². The number of rotatable bonds is 2. The fraction of sp³-hybridized carbons (Fsp3) is 0.0769. The molecular formula is C13H10N2O2. The van der Waals surface area contributed by atoms with Gasteiger partial charge in [-0.15, -0.1) is 0 Å². The Morgan fingerprint density at radius 3 is 2.53 bits per heavy atom. The Labute approximate surface area is 98.9 Å². The van der Waals surface area contributed by atoms with E-state index in [4.69, 9.17) is 10.00 Å². The molecule has 0 unspecified atom stereocenters. The molecule has 0 aliphatic rings. The molecule has 17 heavy (non-hydrogen) atoms. The van der Waals surface area contributed by atoms with Crippen LogP contribution >= 0.6 is 0 Å².